The first kappa shape index (κ1) is 24.1. The highest BCUT2D eigenvalue weighted by Gasteiger charge is 2.15. The molecule has 0 amide bonds. The van der Waals surface area contributed by atoms with E-state index in [2.05, 4.69) is 44.3 Å². The molecule has 2 aliphatic heterocycles. The predicted octanol–water partition coefficient (Wildman–Crippen LogP) is 4.33. The monoisotopic (exact) mass is 505 g/mol. The lowest BCUT2D eigenvalue weighted by molar-refractivity contribution is 0.313. The van der Waals surface area contributed by atoms with Crippen molar-refractivity contribution < 1.29 is 0 Å². The van der Waals surface area contributed by atoms with E-state index in [9.17, 15) is 4.79 Å². The van der Waals surface area contributed by atoms with Crippen molar-refractivity contribution in [3.05, 3.63) is 88.9 Å². The molecule has 1 N–H and O–H groups in total. The summed E-state index contributed by atoms with van der Waals surface area (Å²) in [6.45, 7) is 7.41. The van der Waals surface area contributed by atoms with E-state index in [0.717, 1.165) is 60.6 Å². The third-order valence-corrected chi connectivity index (χ3v) is 7.27. The number of aliphatic imine (C=N–C) groups is 1. The van der Waals surface area contributed by atoms with Gasteiger partial charge in [-0.15, -0.1) is 0 Å². The summed E-state index contributed by atoms with van der Waals surface area (Å²) in [5.41, 5.74) is 6.22. The molecule has 2 aromatic carbocycles. The van der Waals surface area contributed by atoms with Crippen LogP contribution in [0.5, 0.6) is 0 Å². The van der Waals surface area contributed by atoms with Gasteiger partial charge >= 0.3 is 0 Å². The first-order valence-electron chi connectivity index (χ1n) is 13.1. The zero-order chi connectivity index (χ0) is 26.1. The Balaban J connectivity index is 1.26. The van der Waals surface area contributed by atoms with E-state index in [4.69, 9.17) is 4.98 Å². The van der Waals surface area contributed by atoms with Crippen LogP contribution in [0.25, 0.3) is 22.2 Å². The molecule has 8 heteroatoms. The minimum Gasteiger partial charge on any atom is -0.369 e. The molecule has 0 spiro atoms. The van der Waals surface area contributed by atoms with E-state index in [1.54, 1.807) is 10.8 Å². The molecule has 0 radical (unpaired) electrons. The number of fused-ring (bicyclic) bond motifs is 1. The largest absolute Gasteiger partial charge is 0.369 e. The number of rotatable bonds is 6. The van der Waals surface area contributed by atoms with Crippen LogP contribution in [0.1, 0.15) is 12.5 Å². The highest BCUT2D eigenvalue weighted by molar-refractivity contribution is 6.10. The van der Waals surface area contributed by atoms with Gasteiger partial charge in [0.1, 0.15) is 5.65 Å². The molecule has 4 heterocycles. The standard InChI is InChI=1S/C30H31N7O/c1-3-37-28-23(19-26(29(37)38)21-6-8-22(9-7-21)27-5-4-14-31-27)20-32-30(34-28)33-24-10-12-25(13-11-24)36-17-15-35(2)16-18-36/h4-13,19-20H,3,14-18H2,1-2H3,(H,32,33,34). The Bertz CT molecular complexity index is 1580. The molecule has 2 aromatic heterocycles. The average Bonchev–Trinajstić information content (AvgIpc) is 3.49. The Labute approximate surface area is 222 Å². The van der Waals surface area contributed by atoms with Gasteiger partial charge in [0.25, 0.3) is 5.56 Å². The van der Waals surface area contributed by atoms with Gasteiger partial charge in [-0.05, 0) is 61.5 Å². The molecule has 8 nitrogen and oxygen atoms in total. The summed E-state index contributed by atoms with van der Waals surface area (Å²) in [6, 6.07) is 18.2. The summed E-state index contributed by atoms with van der Waals surface area (Å²) >= 11 is 0. The SMILES string of the molecule is CCn1c(=O)c(-c2ccc(C3=NCC=C3)cc2)cc2cnc(Nc3ccc(N4CCN(C)CC4)cc3)nc21. The van der Waals surface area contributed by atoms with Gasteiger partial charge in [0.15, 0.2) is 0 Å². The second-order valence-corrected chi connectivity index (χ2v) is 9.75. The van der Waals surface area contributed by atoms with Crippen molar-refractivity contribution in [3.8, 4) is 11.1 Å². The van der Waals surface area contributed by atoms with Crippen LogP contribution >= 0.6 is 0 Å². The zero-order valence-corrected chi connectivity index (χ0v) is 21.8. The maximum atomic E-state index is 13.5. The minimum atomic E-state index is -0.0629. The summed E-state index contributed by atoms with van der Waals surface area (Å²) in [7, 11) is 2.16. The fourth-order valence-corrected chi connectivity index (χ4v) is 5.04. The molecule has 0 saturated carbocycles. The number of likely N-dealkylation sites (N-methyl/N-ethyl adjacent to an activating group) is 1. The van der Waals surface area contributed by atoms with Gasteiger partial charge in [0.05, 0.1) is 12.3 Å². The van der Waals surface area contributed by atoms with E-state index >= 15 is 0 Å². The van der Waals surface area contributed by atoms with Crippen LogP contribution in [-0.2, 0) is 6.54 Å². The molecular formula is C30H31N7O. The van der Waals surface area contributed by atoms with Gasteiger partial charge in [0.2, 0.25) is 5.95 Å². The van der Waals surface area contributed by atoms with Crippen LogP contribution in [0.3, 0.4) is 0 Å². The Kier molecular flexibility index (Phi) is 6.47. The Morgan fingerprint density at radius 3 is 2.37 bits per heavy atom. The third kappa shape index (κ3) is 4.70. The molecule has 6 rings (SSSR count). The third-order valence-electron chi connectivity index (χ3n) is 7.27. The number of anilines is 3. The summed E-state index contributed by atoms with van der Waals surface area (Å²) < 4.78 is 1.71. The molecule has 192 valence electrons. The average molecular weight is 506 g/mol. The number of hydrogen-bond acceptors (Lipinski definition) is 7. The first-order chi connectivity index (χ1) is 18.6. The minimum absolute atomic E-state index is 0.0629. The number of aryl methyl sites for hydroxylation is 1. The van der Waals surface area contributed by atoms with Gasteiger partial charge < -0.3 is 15.1 Å². The van der Waals surface area contributed by atoms with Crippen molar-refractivity contribution in [2.24, 2.45) is 4.99 Å². The number of benzene rings is 2. The van der Waals surface area contributed by atoms with Crippen molar-refractivity contribution in [1.82, 2.24) is 19.4 Å². The van der Waals surface area contributed by atoms with Gasteiger partial charge in [-0.2, -0.15) is 4.98 Å². The normalized spacial score (nSPS) is 15.7. The predicted molar refractivity (Wildman–Crippen MR) is 155 cm³/mol. The lowest BCUT2D eigenvalue weighted by atomic mass is 10.0. The van der Waals surface area contributed by atoms with Crippen molar-refractivity contribution >= 4 is 34.1 Å². The van der Waals surface area contributed by atoms with Crippen molar-refractivity contribution in [1.29, 1.82) is 0 Å². The number of nitrogens with zero attached hydrogens (tertiary/aromatic N) is 6. The topological polar surface area (TPSA) is 78.7 Å². The van der Waals surface area contributed by atoms with Gasteiger partial charge in [0, 0.05) is 61.2 Å². The van der Waals surface area contributed by atoms with Crippen LogP contribution in [0, 0.1) is 0 Å². The molecular weight excluding hydrogens is 474 g/mol. The fraction of sp³-hybridized carbons (Fsp3) is 0.267. The smallest absolute Gasteiger partial charge is 0.260 e. The molecule has 1 saturated heterocycles. The molecule has 2 aliphatic rings. The fourth-order valence-electron chi connectivity index (χ4n) is 5.04. The maximum absolute atomic E-state index is 13.5. The molecule has 1 fully saturated rings. The number of pyridine rings is 1. The van der Waals surface area contributed by atoms with Crippen molar-refractivity contribution in [2.75, 3.05) is 50.0 Å². The van der Waals surface area contributed by atoms with Crippen LogP contribution < -0.4 is 15.8 Å². The Morgan fingerprint density at radius 1 is 0.947 bits per heavy atom. The van der Waals surface area contributed by atoms with Gasteiger partial charge in [-0.1, -0.05) is 30.3 Å². The van der Waals surface area contributed by atoms with Crippen molar-refractivity contribution in [2.45, 2.75) is 13.5 Å². The van der Waals surface area contributed by atoms with E-state index in [1.165, 1.54) is 5.69 Å². The Morgan fingerprint density at radius 2 is 1.68 bits per heavy atom. The van der Waals surface area contributed by atoms with E-state index in [-0.39, 0.29) is 5.56 Å². The number of hydrogen-bond donors (Lipinski definition) is 1. The maximum Gasteiger partial charge on any atom is 0.260 e. The first-order valence-corrected chi connectivity index (χ1v) is 13.1. The second kappa shape index (κ2) is 10.2. The summed E-state index contributed by atoms with van der Waals surface area (Å²) in [5, 5.41) is 4.13. The number of allylic oxidation sites excluding steroid dienone is 1. The molecule has 4 aromatic rings. The van der Waals surface area contributed by atoms with E-state index in [1.807, 2.05) is 61.5 Å². The zero-order valence-electron chi connectivity index (χ0n) is 21.8. The molecule has 38 heavy (non-hydrogen) atoms. The number of aromatic nitrogens is 3. The molecule has 0 aliphatic carbocycles. The Hall–Kier alpha value is -4.30. The molecule has 0 bridgehead atoms. The summed E-state index contributed by atoms with van der Waals surface area (Å²) in [4.78, 5) is 32.0. The lowest BCUT2D eigenvalue weighted by Gasteiger charge is -2.34. The van der Waals surface area contributed by atoms with Crippen LogP contribution in [-0.4, -0.2) is 64.9 Å². The lowest BCUT2D eigenvalue weighted by Crippen LogP contribution is -2.44. The number of piperazine rings is 1. The van der Waals surface area contributed by atoms with Crippen LogP contribution in [0.4, 0.5) is 17.3 Å². The molecule has 0 unspecified atom stereocenters. The van der Waals surface area contributed by atoms with Gasteiger partial charge in [-0.3, -0.25) is 14.4 Å². The number of nitrogens with one attached hydrogen (secondary N) is 1. The summed E-state index contributed by atoms with van der Waals surface area (Å²) in [5.74, 6) is 0.467. The van der Waals surface area contributed by atoms with Crippen LogP contribution in [0.15, 0.2) is 82.7 Å². The van der Waals surface area contributed by atoms with E-state index < -0.39 is 0 Å². The van der Waals surface area contributed by atoms with Crippen molar-refractivity contribution in [3.63, 3.8) is 0 Å². The summed E-state index contributed by atoms with van der Waals surface area (Å²) in [6.07, 6.45) is 5.85. The van der Waals surface area contributed by atoms with Gasteiger partial charge in [-0.25, -0.2) is 4.98 Å². The quantitative estimate of drug-likeness (QED) is 0.420. The highest BCUT2D eigenvalue weighted by Crippen LogP contribution is 2.24. The second-order valence-electron chi connectivity index (χ2n) is 9.75. The molecule has 0 atom stereocenters. The van der Waals surface area contributed by atoms with E-state index in [0.29, 0.717) is 23.7 Å². The highest BCUT2D eigenvalue weighted by atomic mass is 16.1. The van der Waals surface area contributed by atoms with Crippen LogP contribution in [0.2, 0.25) is 0 Å².